The van der Waals surface area contributed by atoms with Gasteiger partial charge >= 0.3 is 0 Å². The van der Waals surface area contributed by atoms with Crippen LogP contribution in [-0.2, 0) is 10.0 Å². The third-order valence-corrected chi connectivity index (χ3v) is 4.03. The maximum atomic E-state index is 11.6. The molecule has 1 aromatic carbocycles. The van der Waals surface area contributed by atoms with Gasteiger partial charge in [0.05, 0.1) is 16.3 Å². The minimum atomic E-state index is -3.43. The van der Waals surface area contributed by atoms with Gasteiger partial charge in [-0.2, -0.15) is 0 Å². The molecule has 0 aromatic heterocycles. The van der Waals surface area contributed by atoms with Crippen LogP contribution in [0.25, 0.3) is 0 Å². The first-order chi connectivity index (χ1) is 7.90. The third-order valence-electron chi connectivity index (χ3n) is 2.62. The summed E-state index contributed by atoms with van der Waals surface area (Å²) in [5.74, 6) is 0. The predicted molar refractivity (Wildman–Crippen MR) is 70.5 cm³/mol. The van der Waals surface area contributed by atoms with E-state index in [9.17, 15) is 8.42 Å². The lowest BCUT2D eigenvalue weighted by Gasteiger charge is -2.15. The number of rotatable bonds is 5. The minimum Gasteiger partial charge on any atom is -0.397 e. The Balaban J connectivity index is 3.02. The van der Waals surface area contributed by atoms with Crippen molar-refractivity contribution in [3.63, 3.8) is 0 Å². The molecule has 0 aliphatic heterocycles. The van der Waals surface area contributed by atoms with Gasteiger partial charge in [0.1, 0.15) is 0 Å². The molecule has 4 N–H and O–H groups in total. The molecule has 0 saturated heterocycles. The van der Waals surface area contributed by atoms with E-state index >= 15 is 0 Å². The van der Waals surface area contributed by atoms with Crippen molar-refractivity contribution in [2.45, 2.75) is 31.2 Å². The van der Waals surface area contributed by atoms with E-state index in [0.29, 0.717) is 11.7 Å². The molecular weight excluding hydrogens is 238 g/mol. The fourth-order valence-corrected chi connectivity index (χ4v) is 2.09. The summed E-state index contributed by atoms with van der Waals surface area (Å²) < 4.78 is 25.4. The van der Waals surface area contributed by atoms with Crippen LogP contribution in [0.2, 0.25) is 0 Å². The van der Waals surface area contributed by atoms with Gasteiger partial charge in [-0.3, -0.25) is 0 Å². The largest absolute Gasteiger partial charge is 0.397 e. The van der Waals surface area contributed by atoms with Gasteiger partial charge in [-0.05, 0) is 38.6 Å². The van der Waals surface area contributed by atoms with Gasteiger partial charge in [0, 0.05) is 6.04 Å². The Morgan fingerprint density at radius 1 is 1.41 bits per heavy atom. The van der Waals surface area contributed by atoms with E-state index in [1.54, 1.807) is 6.07 Å². The van der Waals surface area contributed by atoms with Crippen LogP contribution in [0, 0.1) is 0 Å². The fourth-order valence-electron chi connectivity index (χ4n) is 1.32. The quantitative estimate of drug-likeness (QED) is 0.696. The van der Waals surface area contributed by atoms with Crippen molar-refractivity contribution >= 4 is 21.4 Å². The second kappa shape index (κ2) is 5.37. The van der Waals surface area contributed by atoms with E-state index in [1.165, 1.54) is 19.2 Å². The lowest BCUT2D eigenvalue weighted by atomic mass is 10.2. The second-order valence-corrected chi connectivity index (χ2v) is 5.80. The zero-order valence-corrected chi connectivity index (χ0v) is 11.1. The highest BCUT2D eigenvalue weighted by Gasteiger charge is 2.13. The zero-order chi connectivity index (χ0) is 13.1. The normalized spacial score (nSPS) is 13.4. The van der Waals surface area contributed by atoms with Crippen molar-refractivity contribution in [3.8, 4) is 0 Å². The van der Waals surface area contributed by atoms with Gasteiger partial charge < -0.3 is 11.1 Å². The molecule has 5 nitrogen and oxygen atoms in total. The van der Waals surface area contributed by atoms with Crippen LogP contribution < -0.4 is 15.8 Å². The molecular formula is C11H19N3O2S. The Morgan fingerprint density at radius 3 is 2.53 bits per heavy atom. The highest BCUT2D eigenvalue weighted by Crippen LogP contribution is 2.23. The average Bonchev–Trinajstić information content (AvgIpc) is 2.31. The van der Waals surface area contributed by atoms with E-state index in [2.05, 4.69) is 17.0 Å². The number of nitrogens with one attached hydrogen (secondary N) is 2. The predicted octanol–water partition coefficient (Wildman–Crippen LogP) is 1.39. The molecule has 0 aliphatic carbocycles. The first-order valence-electron chi connectivity index (χ1n) is 5.50. The van der Waals surface area contributed by atoms with E-state index in [1.807, 2.05) is 6.92 Å². The number of nitrogens with two attached hydrogens (primary N) is 1. The fraction of sp³-hybridized carbons (Fsp3) is 0.455. The number of nitrogen functional groups attached to an aromatic ring is 1. The highest BCUT2D eigenvalue weighted by molar-refractivity contribution is 7.89. The first kappa shape index (κ1) is 13.8. The summed E-state index contributed by atoms with van der Waals surface area (Å²) in [4.78, 5) is 0.173. The summed E-state index contributed by atoms with van der Waals surface area (Å²) in [7, 11) is -2.06. The average molecular weight is 257 g/mol. The molecule has 0 radical (unpaired) electrons. The maximum Gasteiger partial charge on any atom is 0.240 e. The van der Waals surface area contributed by atoms with Crippen LogP contribution in [0.5, 0.6) is 0 Å². The van der Waals surface area contributed by atoms with Crippen molar-refractivity contribution in [1.82, 2.24) is 4.72 Å². The lowest BCUT2D eigenvalue weighted by molar-refractivity contribution is 0.588. The SMILES string of the molecule is CCC(C)Nc1ccc(S(=O)(=O)NC)cc1N. The summed E-state index contributed by atoms with van der Waals surface area (Å²) in [6.07, 6.45) is 0.968. The van der Waals surface area contributed by atoms with Gasteiger partial charge in [0.25, 0.3) is 0 Å². The summed E-state index contributed by atoms with van der Waals surface area (Å²) in [6, 6.07) is 4.97. The van der Waals surface area contributed by atoms with E-state index in [0.717, 1.165) is 12.1 Å². The zero-order valence-electron chi connectivity index (χ0n) is 10.3. The van der Waals surface area contributed by atoms with E-state index in [4.69, 9.17) is 5.73 Å². The van der Waals surface area contributed by atoms with Gasteiger partial charge in [-0.25, -0.2) is 13.1 Å². The second-order valence-electron chi connectivity index (χ2n) is 3.91. The standard InChI is InChI=1S/C11H19N3O2S/c1-4-8(2)14-11-6-5-9(7-10(11)12)17(15,16)13-3/h5-8,13-14H,4,12H2,1-3H3. The number of hydrogen-bond acceptors (Lipinski definition) is 4. The van der Waals surface area contributed by atoms with Gasteiger partial charge in [0.2, 0.25) is 10.0 Å². The number of hydrogen-bond donors (Lipinski definition) is 3. The number of sulfonamides is 1. The van der Waals surface area contributed by atoms with Crippen LogP contribution >= 0.6 is 0 Å². The molecule has 0 amide bonds. The van der Waals surface area contributed by atoms with E-state index in [-0.39, 0.29) is 4.90 Å². The molecule has 0 heterocycles. The molecule has 0 bridgehead atoms. The van der Waals surface area contributed by atoms with Gasteiger partial charge in [-0.15, -0.1) is 0 Å². The Hall–Kier alpha value is -1.27. The van der Waals surface area contributed by atoms with Crippen LogP contribution in [-0.4, -0.2) is 21.5 Å². The van der Waals surface area contributed by atoms with Crippen molar-refractivity contribution in [3.05, 3.63) is 18.2 Å². The Labute approximate surface area is 102 Å². The molecule has 1 unspecified atom stereocenters. The number of benzene rings is 1. The molecule has 1 rings (SSSR count). The van der Waals surface area contributed by atoms with Crippen molar-refractivity contribution in [2.24, 2.45) is 0 Å². The molecule has 1 aromatic rings. The minimum absolute atomic E-state index is 0.173. The Kier molecular flexibility index (Phi) is 4.36. The van der Waals surface area contributed by atoms with E-state index < -0.39 is 10.0 Å². The van der Waals surface area contributed by atoms with Crippen LogP contribution in [0.15, 0.2) is 23.1 Å². The third kappa shape index (κ3) is 3.34. The topological polar surface area (TPSA) is 84.2 Å². The summed E-state index contributed by atoms with van der Waals surface area (Å²) in [6.45, 7) is 4.10. The Bertz CT molecular complexity index is 485. The molecule has 0 fully saturated rings. The maximum absolute atomic E-state index is 11.6. The summed E-state index contributed by atoms with van der Waals surface area (Å²) in [5, 5.41) is 3.22. The van der Waals surface area contributed by atoms with Crippen LogP contribution in [0.1, 0.15) is 20.3 Å². The monoisotopic (exact) mass is 257 g/mol. The van der Waals surface area contributed by atoms with Crippen molar-refractivity contribution < 1.29 is 8.42 Å². The first-order valence-corrected chi connectivity index (χ1v) is 6.98. The van der Waals surface area contributed by atoms with Crippen molar-refractivity contribution in [1.29, 1.82) is 0 Å². The van der Waals surface area contributed by atoms with Crippen molar-refractivity contribution in [2.75, 3.05) is 18.1 Å². The smallest absolute Gasteiger partial charge is 0.240 e. The van der Waals surface area contributed by atoms with Crippen LogP contribution in [0.3, 0.4) is 0 Å². The molecule has 0 saturated carbocycles. The molecule has 0 spiro atoms. The Morgan fingerprint density at radius 2 is 2.06 bits per heavy atom. The molecule has 0 aliphatic rings. The van der Waals surface area contributed by atoms with Gasteiger partial charge in [0.15, 0.2) is 0 Å². The van der Waals surface area contributed by atoms with Gasteiger partial charge in [-0.1, -0.05) is 6.92 Å². The molecule has 6 heteroatoms. The lowest BCUT2D eigenvalue weighted by Crippen LogP contribution is -2.19. The molecule has 96 valence electrons. The number of anilines is 2. The summed E-state index contributed by atoms with van der Waals surface area (Å²) >= 11 is 0. The van der Waals surface area contributed by atoms with Crippen LogP contribution in [0.4, 0.5) is 11.4 Å². The highest BCUT2D eigenvalue weighted by atomic mass is 32.2. The molecule has 1 atom stereocenters. The summed E-state index contributed by atoms with van der Waals surface area (Å²) in [5.41, 5.74) is 7.01. The molecule has 17 heavy (non-hydrogen) atoms.